The van der Waals surface area contributed by atoms with Gasteiger partial charge in [-0.05, 0) is 78.4 Å². The molecule has 10 aromatic carbocycles. The molecule has 2 aliphatic carbocycles. The van der Waals surface area contributed by atoms with E-state index in [1.807, 2.05) is 12.1 Å². The van der Waals surface area contributed by atoms with Crippen LogP contribution in [0.4, 0.5) is 0 Å². The highest BCUT2D eigenvalue weighted by molar-refractivity contribution is 6.14. The minimum absolute atomic E-state index is 0.528. The molecule has 0 atom stereocenters. The van der Waals surface area contributed by atoms with Crippen LogP contribution >= 0.6 is 0 Å². The first-order valence-corrected chi connectivity index (χ1v) is 23.3. The highest BCUT2D eigenvalue weighted by Crippen LogP contribution is 2.64. The van der Waals surface area contributed by atoms with Gasteiger partial charge in [-0.3, -0.25) is 4.57 Å². The summed E-state index contributed by atoms with van der Waals surface area (Å²) in [5.41, 5.74) is 20.6. The number of hydrogen-bond acceptors (Lipinski definition) is 3. The van der Waals surface area contributed by atoms with Crippen LogP contribution in [-0.4, -0.2) is 19.5 Å². The molecule has 4 heteroatoms. The van der Waals surface area contributed by atoms with Crippen LogP contribution in [0.3, 0.4) is 0 Å². The average Bonchev–Trinajstić information content (AvgIpc) is 4.04. The van der Waals surface area contributed by atoms with Crippen LogP contribution in [0.5, 0.6) is 0 Å². The summed E-state index contributed by atoms with van der Waals surface area (Å²) in [5, 5.41) is 2.27. The van der Waals surface area contributed by atoms with Crippen molar-refractivity contribution >= 4 is 21.8 Å². The Bertz CT molecular complexity index is 3780. The van der Waals surface area contributed by atoms with Crippen LogP contribution in [0.15, 0.2) is 243 Å². The van der Waals surface area contributed by atoms with Crippen molar-refractivity contribution in [2.24, 2.45) is 0 Å². The third kappa shape index (κ3) is 5.58. The summed E-state index contributed by atoms with van der Waals surface area (Å²) in [7, 11) is 0. The van der Waals surface area contributed by atoms with E-state index in [1.165, 1.54) is 50.1 Å². The van der Waals surface area contributed by atoms with Crippen LogP contribution in [0, 0.1) is 0 Å². The van der Waals surface area contributed by atoms with Gasteiger partial charge in [0.2, 0.25) is 5.95 Å². The number of fused-ring (bicyclic) bond motifs is 13. The largest absolute Gasteiger partial charge is 0.277 e. The van der Waals surface area contributed by atoms with Gasteiger partial charge in [-0.1, -0.05) is 237 Å². The van der Waals surface area contributed by atoms with Gasteiger partial charge in [-0.25, -0.2) is 4.98 Å². The number of aromatic nitrogens is 4. The third-order valence-electron chi connectivity index (χ3n) is 14.3. The lowest BCUT2D eigenvalue weighted by Gasteiger charge is -2.32. The highest BCUT2D eigenvalue weighted by atomic mass is 15.2. The molecule has 2 aliphatic rings. The van der Waals surface area contributed by atoms with Crippen LogP contribution in [-0.2, 0) is 5.41 Å². The molecule has 2 aromatic heterocycles. The Balaban J connectivity index is 1.04. The number of benzene rings is 10. The maximum absolute atomic E-state index is 5.45. The first kappa shape index (κ1) is 38.3. The molecule has 1 spiro atoms. The predicted octanol–water partition coefficient (Wildman–Crippen LogP) is 15.6. The van der Waals surface area contributed by atoms with Crippen molar-refractivity contribution in [3.8, 4) is 84.4 Å². The Morgan fingerprint density at radius 2 is 0.662 bits per heavy atom. The van der Waals surface area contributed by atoms with E-state index in [-0.39, 0.29) is 0 Å². The van der Waals surface area contributed by atoms with Crippen molar-refractivity contribution in [2.75, 3.05) is 0 Å². The normalized spacial score (nSPS) is 12.8. The van der Waals surface area contributed by atoms with Gasteiger partial charge in [0.15, 0.2) is 11.6 Å². The monoisotopic (exact) mass is 864 g/mol. The highest BCUT2D eigenvalue weighted by Gasteiger charge is 2.52. The second-order valence-electron chi connectivity index (χ2n) is 17.8. The van der Waals surface area contributed by atoms with Crippen molar-refractivity contribution in [1.82, 2.24) is 19.5 Å². The van der Waals surface area contributed by atoms with Gasteiger partial charge >= 0.3 is 0 Å². The summed E-state index contributed by atoms with van der Waals surface area (Å²) < 4.78 is 2.29. The molecule has 0 aliphatic heterocycles. The maximum atomic E-state index is 5.45. The molecule has 0 bridgehead atoms. The zero-order valence-corrected chi connectivity index (χ0v) is 36.9. The van der Waals surface area contributed by atoms with E-state index in [9.17, 15) is 0 Å². The number of rotatable bonds is 6. The summed E-state index contributed by atoms with van der Waals surface area (Å²) in [6, 6.07) is 87.5. The van der Waals surface area contributed by atoms with Gasteiger partial charge in [0.1, 0.15) is 0 Å². The molecular weight excluding hydrogens is 825 g/mol. The Hall–Kier alpha value is -8.99. The molecule has 0 N–H and O–H groups in total. The molecule has 0 radical (unpaired) electrons. The Kier molecular flexibility index (Phi) is 8.46. The molecule has 316 valence electrons. The average molecular weight is 865 g/mol. The maximum Gasteiger partial charge on any atom is 0.238 e. The standard InChI is InChI=1S/C64H40N4/c1-3-17-41(18-4-1)43-33-37-45(38-34-43)61-65-62(46-39-35-44(36-40-46)42-19-5-2-6-20-42)67-63(66-61)68-58-32-14-10-24-50(58)53-27-16-28-54(60(53)68)52-26-15-25-51-49-23-9-13-31-57(49)64(59(51)52)55-29-11-7-21-47(55)48-22-8-12-30-56(48)64/h1-40H. The Morgan fingerprint density at radius 1 is 0.279 bits per heavy atom. The fourth-order valence-electron chi connectivity index (χ4n) is 11.4. The molecular formula is C64H40N4. The summed E-state index contributed by atoms with van der Waals surface area (Å²) in [6.45, 7) is 0. The summed E-state index contributed by atoms with van der Waals surface area (Å²) >= 11 is 0. The zero-order valence-electron chi connectivity index (χ0n) is 36.9. The van der Waals surface area contributed by atoms with Crippen molar-refractivity contribution in [3.63, 3.8) is 0 Å². The van der Waals surface area contributed by atoms with E-state index >= 15 is 0 Å². The summed E-state index contributed by atoms with van der Waals surface area (Å²) in [4.78, 5) is 16.2. The van der Waals surface area contributed by atoms with E-state index < -0.39 is 5.41 Å². The molecule has 0 fully saturated rings. The number of para-hydroxylation sites is 2. The second kappa shape index (κ2) is 15.0. The topological polar surface area (TPSA) is 43.6 Å². The zero-order chi connectivity index (χ0) is 44.8. The Labute approximate surface area is 394 Å². The molecule has 12 aromatic rings. The third-order valence-corrected chi connectivity index (χ3v) is 14.3. The summed E-state index contributed by atoms with van der Waals surface area (Å²) in [5.74, 6) is 1.77. The first-order valence-electron chi connectivity index (χ1n) is 23.3. The van der Waals surface area contributed by atoms with Gasteiger partial charge in [-0.15, -0.1) is 0 Å². The van der Waals surface area contributed by atoms with E-state index in [0.717, 1.165) is 60.8 Å². The lowest BCUT2D eigenvalue weighted by atomic mass is 9.68. The number of nitrogens with zero attached hydrogens (tertiary/aromatic N) is 4. The van der Waals surface area contributed by atoms with Crippen LogP contribution in [0.2, 0.25) is 0 Å². The molecule has 4 nitrogen and oxygen atoms in total. The minimum atomic E-state index is -0.528. The summed E-state index contributed by atoms with van der Waals surface area (Å²) in [6.07, 6.45) is 0. The van der Waals surface area contributed by atoms with E-state index in [1.54, 1.807) is 0 Å². The van der Waals surface area contributed by atoms with Crippen molar-refractivity contribution in [3.05, 3.63) is 265 Å². The van der Waals surface area contributed by atoms with Crippen molar-refractivity contribution < 1.29 is 0 Å². The van der Waals surface area contributed by atoms with Crippen molar-refractivity contribution in [2.45, 2.75) is 5.41 Å². The molecule has 0 saturated heterocycles. The molecule has 0 saturated carbocycles. The number of hydrogen-bond donors (Lipinski definition) is 0. The van der Waals surface area contributed by atoms with Gasteiger partial charge in [0, 0.05) is 27.5 Å². The fourth-order valence-corrected chi connectivity index (χ4v) is 11.4. The first-order chi connectivity index (χ1) is 33.7. The molecule has 0 unspecified atom stereocenters. The molecule has 0 amide bonds. The lowest BCUT2D eigenvalue weighted by molar-refractivity contribution is 0.796. The van der Waals surface area contributed by atoms with Gasteiger partial charge < -0.3 is 0 Å². The van der Waals surface area contributed by atoms with E-state index in [4.69, 9.17) is 15.0 Å². The van der Waals surface area contributed by atoms with E-state index in [2.05, 4.69) is 235 Å². The van der Waals surface area contributed by atoms with Crippen LogP contribution < -0.4 is 0 Å². The fraction of sp³-hybridized carbons (Fsp3) is 0.0156. The van der Waals surface area contributed by atoms with Gasteiger partial charge in [-0.2, -0.15) is 9.97 Å². The quantitative estimate of drug-likeness (QED) is 0.167. The van der Waals surface area contributed by atoms with Crippen LogP contribution in [0.25, 0.3) is 106 Å². The van der Waals surface area contributed by atoms with Crippen LogP contribution in [0.1, 0.15) is 22.3 Å². The minimum Gasteiger partial charge on any atom is -0.277 e. The smallest absolute Gasteiger partial charge is 0.238 e. The second-order valence-corrected chi connectivity index (χ2v) is 17.8. The molecule has 2 heterocycles. The molecule has 14 rings (SSSR count). The van der Waals surface area contributed by atoms with E-state index in [0.29, 0.717) is 17.6 Å². The molecule has 68 heavy (non-hydrogen) atoms. The van der Waals surface area contributed by atoms with Gasteiger partial charge in [0.25, 0.3) is 0 Å². The Morgan fingerprint density at radius 3 is 1.22 bits per heavy atom. The predicted molar refractivity (Wildman–Crippen MR) is 278 cm³/mol. The SMILES string of the molecule is c1ccc(-c2ccc(-c3nc(-c4ccc(-c5ccccc5)cc4)nc(-n4c5ccccc5c5cccc(-c6cccc7c6C6(c8ccccc8-c8ccccc86)c6ccccc6-7)c54)n3)cc2)cc1. The van der Waals surface area contributed by atoms with Gasteiger partial charge in [0.05, 0.1) is 16.4 Å². The van der Waals surface area contributed by atoms with Crippen molar-refractivity contribution in [1.29, 1.82) is 0 Å². The lowest BCUT2D eigenvalue weighted by Crippen LogP contribution is -2.26.